The van der Waals surface area contributed by atoms with Gasteiger partial charge in [0.25, 0.3) is 0 Å². The molecule has 3 aliphatic rings. The molecule has 4 nitrogen and oxygen atoms in total. The van der Waals surface area contributed by atoms with E-state index in [1.54, 1.807) is 0 Å². The second-order valence-corrected chi connectivity index (χ2v) is 5.82. The number of para-hydroxylation sites is 1. The Hall–Kier alpha value is -1.68. The van der Waals surface area contributed by atoms with Crippen molar-refractivity contribution in [2.24, 2.45) is 11.3 Å². The van der Waals surface area contributed by atoms with E-state index in [0.29, 0.717) is 5.69 Å². The summed E-state index contributed by atoms with van der Waals surface area (Å²) in [6, 6.07) is 9.19. The van der Waals surface area contributed by atoms with Crippen LogP contribution in [0.2, 0.25) is 0 Å². The third-order valence-corrected chi connectivity index (χ3v) is 4.90. The lowest BCUT2D eigenvalue weighted by atomic mass is 9.69. The SMILES string of the molecule is C[C@@]12C(=O)N(c3ccccc3)C(=O)[C@@H]1[C@H]1CC[C@@H]2O1. The van der Waals surface area contributed by atoms with E-state index >= 15 is 0 Å². The van der Waals surface area contributed by atoms with Crippen LogP contribution >= 0.6 is 0 Å². The number of ether oxygens (including phenoxy) is 1. The van der Waals surface area contributed by atoms with E-state index in [4.69, 9.17) is 4.74 Å². The Labute approximate surface area is 111 Å². The van der Waals surface area contributed by atoms with Gasteiger partial charge in [-0.1, -0.05) is 18.2 Å². The number of benzene rings is 1. The minimum absolute atomic E-state index is 0.0693. The molecule has 19 heavy (non-hydrogen) atoms. The molecule has 0 unspecified atom stereocenters. The first-order valence-corrected chi connectivity index (χ1v) is 6.73. The summed E-state index contributed by atoms with van der Waals surface area (Å²) < 4.78 is 5.80. The van der Waals surface area contributed by atoms with Crippen molar-refractivity contribution in [2.75, 3.05) is 4.90 Å². The van der Waals surface area contributed by atoms with Gasteiger partial charge in [0.05, 0.1) is 29.2 Å². The summed E-state index contributed by atoms with van der Waals surface area (Å²) in [5, 5.41) is 0. The van der Waals surface area contributed by atoms with E-state index in [1.807, 2.05) is 37.3 Å². The fourth-order valence-corrected chi connectivity index (χ4v) is 3.92. The lowest BCUT2D eigenvalue weighted by Gasteiger charge is -2.28. The number of carbonyl (C=O) groups is 2. The average Bonchev–Trinajstić information content (AvgIpc) is 3.04. The molecule has 98 valence electrons. The Morgan fingerprint density at radius 2 is 1.95 bits per heavy atom. The number of fused-ring (bicyclic) bond motifs is 5. The molecule has 3 aliphatic heterocycles. The minimum Gasteiger partial charge on any atom is -0.373 e. The van der Waals surface area contributed by atoms with Crippen LogP contribution in [0.1, 0.15) is 19.8 Å². The number of nitrogens with zero attached hydrogens (tertiary/aromatic N) is 1. The summed E-state index contributed by atoms with van der Waals surface area (Å²) in [4.78, 5) is 26.7. The van der Waals surface area contributed by atoms with Gasteiger partial charge in [-0.25, -0.2) is 4.90 Å². The Kier molecular flexibility index (Phi) is 2.03. The molecule has 3 saturated heterocycles. The highest BCUT2D eigenvalue weighted by atomic mass is 16.5. The van der Waals surface area contributed by atoms with Crippen LogP contribution in [0.3, 0.4) is 0 Å². The summed E-state index contributed by atoms with van der Waals surface area (Å²) in [5.41, 5.74) is 0.0167. The van der Waals surface area contributed by atoms with Gasteiger partial charge in [0.15, 0.2) is 0 Å². The largest absolute Gasteiger partial charge is 0.373 e. The quantitative estimate of drug-likeness (QED) is 0.720. The van der Waals surface area contributed by atoms with Gasteiger partial charge in [-0.05, 0) is 31.9 Å². The molecule has 3 heterocycles. The van der Waals surface area contributed by atoms with Crippen molar-refractivity contribution >= 4 is 17.5 Å². The first-order chi connectivity index (χ1) is 9.14. The van der Waals surface area contributed by atoms with Crippen molar-refractivity contribution in [3.8, 4) is 0 Å². The molecule has 4 rings (SSSR count). The Morgan fingerprint density at radius 1 is 1.21 bits per heavy atom. The maximum Gasteiger partial charge on any atom is 0.243 e. The van der Waals surface area contributed by atoms with Crippen LogP contribution in [0.5, 0.6) is 0 Å². The fourth-order valence-electron chi connectivity index (χ4n) is 3.92. The van der Waals surface area contributed by atoms with Crippen LogP contribution in [-0.4, -0.2) is 24.0 Å². The summed E-state index contributed by atoms with van der Waals surface area (Å²) in [7, 11) is 0. The fraction of sp³-hybridized carbons (Fsp3) is 0.467. The third kappa shape index (κ3) is 1.18. The smallest absolute Gasteiger partial charge is 0.243 e. The Balaban J connectivity index is 1.82. The molecular formula is C15H15NO3. The summed E-state index contributed by atoms with van der Waals surface area (Å²) >= 11 is 0. The average molecular weight is 257 g/mol. The van der Waals surface area contributed by atoms with Crippen LogP contribution in [-0.2, 0) is 14.3 Å². The molecule has 0 spiro atoms. The maximum atomic E-state index is 12.7. The second-order valence-electron chi connectivity index (χ2n) is 5.82. The lowest BCUT2D eigenvalue weighted by Crippen LogP contribution is -2.41. The number of carbonyl (C=O) groups excluding carboxylic acids is 2. The predicted molar refractivity (Wildman–Crippen MR) is 68.4 cm³/mol. The van der Waals surface area contributed by atoms with Crippen LogP contribution in [0.25, 0.3) is 0 Å². The molecule has 2 amide bonds. The summed E-state index contributed by atoms with van der Waals surface area (Å²) in [5.74, 6) is -0.481. The predicted octanol–water partition coefficient (Wildman–Crippen LogP) is 1.74. The van der Waals surface area contributed by atoms with Gasteiger partial charge in [0.1, 0.15) is 0 Å². The summed E-state index contributed by atoms with van der Waals surface area (Å²) in [6.07, 6.45) is 1.62. The van der Waals surface area contributed by atoms with E-state index < -0.39 is 5.41 Å². The summed E-state index contributed by atoms with van der Waals surface area (Å²) in [6.45, 7) is 1.89. The molecule has 0 aromatic heterocycles. The van der Waals surface area contributed by atoms with Gasteiger partial charge < -0.3 is 4.74 Å². The topological polar surface area (TPSA) is 46.6 Å². The normalized spacial score (nSPS) is 40.1. The Bertz CT molecular complexity index is 570. The van der Waals surface area contributed by atoms with Crippen molar-refractivity contribution in [1.82, 2.24) is 0 Å². The molecule has 0 N–H and O–H groups in total. The van der Waals surface area contributed by atoms with Gasteiger partial charge >= 0.3 is 0 Å². The minimum atomic E-state index is -0.657. The molecule has 1 aromatic rings. The molecule has 0 saturated carbocycles. The first-order valence-electron chi connectivity index (χ1n) is 6.73. The van der Waals surface area contributed by atoms with Crippen molar-refractivity contribution < 1.29 is 14.3 Å². The molecular weight excluding hydrogens is 242 g/mol. The van der Waals surface area contributed by atoms with Gasteiger partial charge in [-0.2, -0.15) is 0 Å². The van der Waals surface area contributed by atoms with Gasteiger partial charge in [-0.3, -0.25) is 9.59 Å². The van der Waals surface area contributed by atoms with E-state index in [1.165, 1.54) is 4.90 Å². The molecule has 4 atom stereocenters. The molecule has 3 fully saturated rings. The van der Waals surface area contributed by atoms with E-state index in [-0.39, 0.29) is 29.9 Å². The highest BCUT2D eigenvalue weighted by Gasteiger charge is 2.70. The number of hydrogen-bond donors (Lipinski definition) is 0. The number of rotatable bonds is 1. The standard InChI is InChI=1S/C15H15NO3/c1-15-11-8-7-10(19-11)12(15)13(17)16(14(15)18)9-5-3-2-4-6-9/h2-6,10-12H,7-8H2,1H3/t10-,11+,12+,15+/m1/s1. The Morgan fingerprint density at radius 3 is 2.63 bits per heavy atom. The molecule has 0 aliphatic carbocycles. The highest BCUT2D eigenvalue weighted by molar-refractivity contribution is 6.24. The zero-order chi connectivity index (χ0) is 13.2. The zero-order valence-corrected chi connectivity index (χ0v) is 10.7. The highest BCUT2D eigenvalue weighted by Crippen LogP contribution is 2.57. The van der Waals surface area contributed by atoms with Crippen LogP contribution < -0.4 is 4.90 Å². The van der Waals surface area contributed by atoms with Crippen LogP contribution in [0.15, 0.2) is 30.3 Å². The van der Waals surface area contributed by atoms with E-state index in [2.05, 4.69) is 0 Å². The second kappa shape index (κ2) is 3.45. The number of imide groups is 1. The van der Waals surface area contributed by atoms with Gasteiger partial charge in [-0.15, -0.1) is 0 Å². The van der Waals surface area contributed by atoms with Crippen molar-refractivity contribution in [1.29, 1.82) is 0 Å². The van der Waals surface area contributed by atoms with Gasteiger partial charge in [0, 0.05) is 0 Å². The first kappa shape index (κ1) is 11.2. The third-order valence-electron chi connectivity index (χ3n) is 4.90. The maximum absolute atomic E-state index is 12.7. The monoisotopic (exact) mass is 257 g/mol. The van der Waals surface area contributed by atoms with Crippen molar-refractivity contribution in [2.45, 2.75) is 32.0 Å². The van der Waals surface area contributed by atoms with Gasteiger partial charge in [0.2, 0.25) is 11.8 Å². The number of hydrogen-bond acceptors (Lipinski definition) is 3. The molecule has 1 aromatic carbocycles. The lowest BCUT2D eigenvalue weighted by molar-refractivity contribution is -0.128. The van der Waals surface area contributed by atoms with E-state index in [9.17, 15) is 9.59 Å². The van der Waals surface area contributed by atoms with E-state index in [0.717, 1.165) is 12.8 Å². The van der Waals surface area contributed by atoms with Crippen LogP contribution in [0.4, 0.5) is 5.69 Å². The molecule has 0 radical (unpaired) electrons. The van der Waals surface area contributed by atoms with Crippen molar-refractivity contribution in [3.63, 3.8) is 0 Å². The van der Waals surface area contributed by atoms with Crippen LogP contribution in [0, 0.1) is 11.3 Å². The number of anilines is 1. The number of amides is 2. The van der Waals surface area contributed by atoms with Crippen molar-refractivity contribution in [3.05, 3.63) is 30.3 Å². The zero-order valence-electron chi connectivity index (χ0n) is 10.7. The molecule has 2 bridgehead atoms. The molecule has 4 heteroatoms.